The minimum Gasteiger partial charge on any atom is -0.166 e. The molecule has 0 unspecified atom stereocenters. The van der Waals surface area contributed by atoms with Gasteiger partial charge >= 0.3 is 18.5 Å². The molecule has 0 saturated heterocycles. The Bertz CT molecular complexity index is 445. The summed E-state index contributed by atoms with van der Waals surface area (Å²) in [6.07, 6.45) is -15.9. The number of rotatable bonds is 0. The van der Waals surface area contributed by atoms with Gasteiger partial charge in [-0.2, -0.15) is 39.5 Å². The quantitative estimate of drug-likeness (QED) is 0.510. The Balaban J connectivity index is 3.68. The van der Waals surface area contributed by atoms with Crippen LogP contribution >= 0.6 is 0 Å². The summed E-state index contributed by atoms with van der Waals surface area (Å²) in [4.78, 5) is 0. The topological polar surface area (TPSA) is 0 Å². The summed E-state index contributed by atoms with van der Waals surface area (Å²) in [5.41, 5.74) is -7.17. The van der Waals surface area contributed by atoms with Crippen LogP contribution in [0.2, 0.25) is 0 Å². The molecule has 0 radical (unpaired) electrons. The van der Waals surface area contributed by atoms with Crippen LogP contribution in [-0.2, 0) is 18.5 Å². The third kappa shape index (κ3) is 3.35. The van der Waals surface area contributed by atoms with E-state index in [4.69, 9.17) is 0 Å². The van der Waals surface area contributed by atoms with Gasteiger partial charge in [0.2, 0.25) is 0 Å². The fourth-order valence-electron chi connectivity index (χ4n) is 1.47. The smallest absolute Gasteiger partial charge is 0.166 e. The molecule has 0 aromatic heterocycles. The molecule has 0 spiro atoms. The summed E-state index contributed by atoms with van der Waals surface area (Å²) in [5, 5.41) is 0. The van der Waals surface area contributed by atoms with E-state index in [1.165, 1.54) is 0 Å². The minimum atomic E-state index is -5.30. The molecule has 0 fully saturated rings. The van der Waals surface area contributed by atoms with Gasteiger partial charge in [0.05, 0.1) is 16.7 Å². The van der Waals surface area contributed by atoms with Crippen LogP contribution in [0.15, 0.2) is 12.1 Å². The van der Waals surface area contributed by atoms with Crippen LogP contribution < -0.4 is 5.46 Å². The number of benzene rings is 1. The SMILES string of the molecule is Bc1c(C(F)(F)F)cc(C(F)(F)F)cc1C(F)(F)F. The van der Waals surface area contributed by atoms with Crippen molar-refractivity contribution in [2.24, 2.45) is 0 Å². The van der Waals surface area contributed by atoms with Crippen molar-refractivity contribution in [3.8, 4) is 0 Å². The van der Waals surface area contributed by atoms with Crippen LogP contribution in [0, 0.1) is 0 Å². The highest BCUT2D eigenvalue weighted by Gasteiger charge is 2.43. The van der Waals surface area contributed by atoms with E-state index < -0.39 is 40.7 Å². The van der Waals surface area contributed by atoms with Crippen molar-refractivity contribution < 1.29 is 39.5 Å². The van der Waals surface area contributed by atoms with Crippen LogP contribution in [0.3, 0.4) is 0 Å². The van der Waals surface area contributed by atoms with Gasteiger partial charge in [-0.25, -0.2) is 0 Å². The zero-order valence-corrected chi connectivity index (χ0v) is 9.06. The Morgan fingerprint density at radius 3 is 1.16 bits per heavy atom. The predicted molar refractivity (Wildman–Crippen MR) is 49.6 cm³/mol. The first kappa shape index (κ1) is 15.7. The molecule has 0 aliphatic carbocycles. The normalized spacial score (nSPS) is 13.7. The van der Waals surface area contributed by atoms with Crippen molar-refractivity contribution >= 4 is 13.3 Å². The lowest BCUT2D eigenvalue weighted by Crippen LogP contribution is -2.29. The van der Waals surface area contributed by atoms with Gasteiger partial charge in [0.25, 0.3) is 0 Å². The molecule has 0 heterocycles. The van der Waals surface area contributed by atoms with E-state index in [2.05, 4.69) is 0 Å². The second kappa shape index (κ2) is 4.34. The van der Waals surface area contributed by atoms with Crippen LogP contribution in [0.4, 0.5) is 39.5 Å². The lowest BCUT2D eigenvalue weighted by atomic mass is 9.83. The van der Waals surface area contributed by atoms with Crippen molar-refractivity contribution in [2.45, 2.75) is 18.5 Å². The lowest BCUT2D eigenvalue weighted by Gasteiger charge is -2.19. The fraction of sp³-hybridized carbons (Fsp3) is 0.333. The Kier molecular flexibility index (Phi) is 3.59. The standard InChI is InChI=1S/C9H4BF9/c10-6-4(8(14,15)16)1-3(7(11,12)13)2-5(6)9(17,18)19/h1-2H,10H2. The van der Waals surface area contributed by atoms with Gasteiger partial charge in [-0.15, -0.1) is 0 Å². The summed E-state index contributed by atoms with van der Waals surface area (Å²) in [7, 11) is 0.478. The molecule has 1 aromatic carbocycles. The minimum absolute atomic E-state index is 0.329. The maximum atomic E-state index is 12.5. The average Bonchev–Trinajstić information content (AvgIpc) is 2.11. The molecule has 19 heavy (non-hydrogen) atoms. The Morgan fingerprint density at radius 1 is 0.632 bits per heavy atom. The van der Waals surface area contributed by atoms with E-state index in [0.29, 0.717) is 7.85 Å². The summed E-state index contributed by atoms with van der Waals surface area (Å²) >= 11 is 0. The molecule has 0 saturated carbocycles. The third-order valence-corrected chi connectivity index (χ3v) is 2.35. The first-order valence-electron chi connectivity index (χ1n) is 4.61. The van der Waals surface area contributed by atoms with Crippen molar-refractivity contribution in [1.82, 2.24) is 0 Å². The summed E-state index contributed by atoms with van der Waals surface area (Å²) in [5.74, 6) is 0. The van der Waals surface area contributed by atoms with Gasteiger partial charge in [-0.1, -0.05) is 5.46 Å². The molecular weight excluding hydrogens is 290 g/mol. The van der Waals surface area contributed by atoms with Crippen LogP contribution in [0.5, 0.6) is 0 Å². The Hall–Kier alpha value is -1.35. The first-order valence-corrected chi connectivity index (χ1v) is 4.61. The van der Waals surface area contributed by atoms with Crippen molar-refractivity contribution in [2.75, 3.05) is 0 Å². The van der Waals surface area contributed by atoms with Gasteiger partial charge in [0, 0.05) is 0 Å². The molecule has 0 bridgehead atoms. The molecule has 1 aromatic rings. The number of hydrogen-bond acceptors (Lipinski definition) is 0. The zero-order valence-electron chi connectivity index (χ0n) is 9.06. The van der Waals surface area contributed by atoms with E-state index in [1.54, 1.807) is 0 Å². The highest BCUT2D eigenvalue weighted by Crippen LogP contribution is 2.38. The molecule has 106 valence electrons. The molecule has 0 aliphatic rings. The molecular formula is C9H4BF9. The predicted octanol–water partition coefficient (Wildman–Crippen LogP) is 3.00. The van der Waals surface area contributed by atoms with Crippen LogP contribution in [0.1, 0.15) is 16.7 Å². The lowest BCUT2D eigenvalue weighted by molar-refractivity contribution is -0.147. The molecule has 1 rings (SSSR count). The second-order valence-corrected chi connectivity index (χ2v) is 3.69. The molecule has 0 aliphatic heterocycles. The van der Waals surface area contributed by atoms with Gasteiger partial charge in [0.1, 0.15) is 7.85 Å². The van der Waals surface area contributed by atoms with E-state index in [0.717, 1.165) is 0 Å². The van der Waals surface area contributed by atoms with E-state index in [-0.39, 0.29) is 12.1 Å². The summed E-state index contributed by atoms with van der Waals surface area (Å²) in [6.45, 7) is 0. The van der Waals surface area contributed by atoms with E-state index >= 15 is 0 Å². The van der Waals surface area contributed by atoms with Crippen molar-refractivity contribution in [1.29, 1.82) is 0 Å². The highest BCUT2D eigenvalue weighted by atomic mass is 19.4. The van der Waals surface area contributed by atoms with Gasteiger partial charge < -0.3 is 0 Å². The van der Waals surface area contributed by atoms with Gasteiger partial charge in [-0.3, -0.25) is 0 Å². The summed E-state index contributed by atoms with van der Waals surface area (Å²) in [6, 6.07) is -0.658. The molecule has 0 atom stereocenters. The Labute approximate surface area is 101 Å². The average molecular weight is 294 g/mol. The molecule has 0 nitrogen and oxygen atoms in total. The molecule has 0 amide bonds. The maximum absolute atomic E-state index is 12.5. The van der Waals surface area contributed by atoms with Gasteiger partial charge in [-0.05, 0) is 12.1 Å². The summed E-state index contributed by atoms with van der Waals surface area (Å²) < 4.78 is 112. The van der Waals surface area contributed by atoms with Crippen molar-refractivity contribution in [3.63, 3.8) is 0 Å². The van der Waals surface area contributed by atoms with E-state index in [9.17, 15) is 39.5 Å². The monoisotopic (exact) mass is 294 g/mol. The Morgan fingerprint density at radius 2 is 0.947 bits per heavy atom. The fourth-order valence-corrected chi connectivity index (χ4v) is 1.47. The second-order valence-electron chi connectivity index (χ2n) is 3.69. The molecule has 0 N–H and O–H groups in total. The van der Waals surface area contributed by atoms with E-state index in [1.807, 2.05) is 0 Å². The number of halogens is 9. The molecule has 10 heteroatoms. The zero-order chi connectivity index (χ0) is 15.2. The van der Waals surface area contributed by atoms with Crippen LogP contribution in [0.25, 0.3) is 0 Å². The largest absolute Gasteiger partial charge is 0.416 e. The van der Waals surface area contributed by atoms with Gasteiger partial charge in [0.15, 0.2) is 0 Å². The number of hydrogen-bond donors (Lipinski definition) is 0. The first-order chi connectivity index (χ1) is 8.24. The maximum Gasteiger partial charge on any atom is 0.416 e. The highest BCUT2D eigenvalue weighted by molar-refractivity contribution is 6.34. The van der Waals surface area contributed by atoms with Crippen molar-refractivity contribution in [3.05, 3.63) is 28.8 Å². The number of alkyl halides is 9. The van der Waals surface area contributed by atoms with Crippen LogP contribution in [-0.4, -0.2) is 7.85 Å². The third-order valence-electron chi connectivity index (χ3n) is 2.35.